The van der Waals surface area contributed by atoms with Gasteiger partial charge in [-0.2, -0.15) is 0 Å². The normalized spacial score (nSPS) is 11.5. The van der Waals surface area contributed by atoms with Crippen LogP contribution >= 0.6 is 0 Å². The molecular weight excluding hydrogens is 244 g/mol. The number of hydrogen-bond donors (Lipinski definition) is 2. The highest BCUT2D eigenvalue weighted by Crippen LogP contribution is 2.17. The van der Waals surface area contributed by atoms with Crippen molar-refractivity contribution in [2.45, 2.75) is 26.3 Å². The van der Waals surface area contributed by atoms with Gasteiger partial charge in [-0.15, -0.1) is 0 Å². The number of nitrogens with one attached hydrogen (secondary N) is 2. The molecule has 0 aromatic heterocycles. The molecule has 0 aliphatic carbocycles. The van der Waals surface area contributed by atoms with Crippen molar-refractivity contribution in [2.24, 2.45) is 0 Å². The standard InChI is InChI=1S/C14H20N2O3/c1-4-15-14(18)10(2)16-13(17)9-11-7-5-6-8-12(11)19-3/h5-8,10H,4,9H2,1-3H3,(H,15,18)(H,16,17)/t10-/m0/s1. The minimum absolute atomic E-state index is 0.184. The van der Waals surface area contributed by atoms with E-state index in [1.807, 2.05) is 25.1 Å². The lowest BCUT2D eigenvalue weighted by atomic mass is 10.1. The van der Waals surface area contributed by atoms with Gasteiger partial charge in [-0.1, -0.05) is 18.2 Å². The molecule has 19 heavy (non-hydrogen) atoms. The molecule has 5 nitrogen and oxygen atoms in total. The van der Waals surface area contributed by atoms with E-state index >= 15 is 0 Å². The molecule has 0 radical (unpaired) electrons. The Morgan fingerprint density at radius 1 is 1.32 bits per heavy atom. The largest absolute Gasteiger partial charge is 0.496 e. The van der Waals surface area contributed by atoms with E-state index in [1.165, 1.54) is 0 Å². The first kappa shape index (κ1) is 15.0. The van der Waals surface area contributed by atoms with Crippen molar-refractivity contribution in [3.63, 3.8) is 0 Å². The summed E-state index contributed by atoms with van der Waals surface area (Å²) in [5.74, 6) is 0.280. The molecule has 0 saturated carbocycles. The van der Waals surface area contributed by atoms with Gasteiger partial charge in [0.1, 0.15) is 11.8 Å². The zero-order valence-corrected chi connectivity index (χ0v) is 11.5. The molecule has 0 aliphatic heterocycles. The lowest BCUT2D eigenvalue weighted by Crippen LogP contribution is -2.45. The smallest absolute Gasteiger partial charge is 0.242 e. The molecule has 104 valence electrons. The van der Waals surface area contributed by atoms with Crippen LogP contribution in [-0.2, 0) is 16.0 Å². The van der Waals surface area contributed by atoms with Gasteiger partial charge in [0, 0.05) is 12.1 Å². The third-order valence-electron chi connectivity index (χ3n) is 2.67. The first-order chi connectivity index (χ1) is 9.08. The Morgan fingerprint density at radius 2 is 2.00 bits per heavy atom. The van der Waals surface area contributed by atoms with Gasteiger partial charge in [-0.05, 0) is 19.9 Å². The molecule has 0 heterocycles. The molecule has 0 aliphatic rings. The van der Waals surface area contributed by atoms with Crippen LogP contribution in [0, 0.1) is 0 Å². The fourth-order valence-corrected chi connectivity index (χ4v) is 1.71. The lowest BCUT2D eigenvalue weighted by Gasteiger charge is -2.14. The zero-order valence-electron chi connectivity index (χ0n) is 11.5. The number of ether oxygens (including phenoxy) is 1. The van der Waals surface area contributed by atoms with Crippen molar-refractivity contribution >= 4 is 11.8 Å². The van der Waals surface area contributed by atoms with E-state index < -0.39 is 6.04 Å². The Hall–Kier alpha value is -2.04. The van der Waals surface area contributed by atoms with Gasteiger partial charge in [-0.3, -0.25) is 9.59 Å². The predicted molar refractivity (Wildman–Crippen MR) is 73.0 cm³/mol. The highest BCUT2D eigenvalue weighted by atomic mass is 16.5. The molecule has 0 unspecified atom stereocenters. The Kier molecular flexibility index (Phi) is 5.85. The first-order valence-electron chi connectivity index (χ1n) is 6.27. The number of rotatable bonds is 6. The van der Waals surface area contributed by atoms with Crippen molar-refractivity contribution < 1.29 is 14.3 Å². The lowest BCUT2D eigenvalue weighted by molar-refractivity contribution is -0.128. The van der Waals surface area contributed by atoms with Gasteiger partial charge >= 0.3 is 0 Å². The third kappa shape index (κ3) is 4.62. The summed E-state index contributed by atoms with van der Waals surface area (Å²) in [5.41, 5.74) is 0.797. The number of amides is 2. The number of para-hydroxylation sites is 1. The summed E-state index contributed by atoms with van der Waals surface area (Å²) in [6.45, 7) is 4.04. The van der Waals surface area contributed by atoms with E-state index in [9.17, 15) is 9.59 Å². The van der Waals surface area contributed by atoms with Gasteiger partial charge in [-0.25, -0.2) is 0 Å². The van der Waals surface area contributed by atoms with Gasteiger partial charge < -0.3 is 15.4 Å². The molecule has 0 bridgehead atoms. The maximum absolute atomic E-state index is 11.9. The SMILES string of the molecule is CCNC(=O)[C@H](C)NC(=O)Cc1ccccc1OC. The van der Waals surface area contributed by atoms with Crippen LogP contribution < -0.4 is 15.4 Å². The predicted octanol–water partition coefficient (Wildman–Crippen LogP) is 0.878. The van der Waals surface area contributed by atoms with E-state index in [0.29, 0.717) is 12.3 Å². The van der Waals surface area contributed by atoms with Crippen LogP contribution in [-0.4, -0.2) is 31.5 Å². The Morgan fingerprint density at radius 3 is 2.63 bits per heavy atom. The van der Waals surface area contributed by atoms with Crippen LogP contribution in [0.25, 0.3) is 0 Å². The van der Waals surface area contributed by atoms with E-state index in [0.717, 1.165) is 5.56 Å². The maximum Gasteiger partial charge on any atom is 0.242 e. The van der Waals surface area contributed by atoms with Crippen LogP contribution in [0.15, 0.2) is 24.3 Å². The fourth-order valence-electron chi connectivity index (χ4n) is 1.71. The Balaban J connectivity index is 2.58. The summed E-state index contributed by atoms with van der Waals surface area (Å²) in [7, 11) is 1.56. The van der Waals surface area contributed by atoms with Crippen molar-refractivity contribution in [3.05, 3.63) is 29.8 Å². The second-order valence-corrected chi connectivity index (χ2v) is 4.17. The minimum atomic E-state index is -0.540. The van der Waals surface area contributed by atoms with Crippen LogP contribution in [0.3, 0.4) is 0 Å². The summed E-state index contributed by atoms with van der Waals surface area (Å²) in [4.78, 5) is 23.4. The average Bonchev–Trinajstić information content (AvgIpc) is 2.39. The number of likely N-dealkylation sites (N-methyl/N-ethyl adjacent to an activating group) is 1. The van der Waals surface area contributed by atoms with E-state index in [4.69, 9.17) is 4.74 Å². The molecule has 0 saturated heterocycles. The molecule has 1 atom stereocenters. The zero-order chi connectivity index (χ0) is 14.3. The molecule has 0 spiro atoms. The van der Waals surface area contributed by atoms with Crippen LogP contribution in [0.5, 0.6) is 5.75 Å². The molecular formula is C14H20N2O3. The molecule has 1 aromatic rings. The second-order valence-electron chi connectivity index (χ2n) is 4.17. The molecule has 2 N–H and O–H groups in total. The van der Waals surface area contributed by atoms with E-state index in [2.05, 4.69) is 10.6 Å². The van der Waals surface area contributed by atoms with Gasteiger partial charge in [0.05, 0.1) is 13.5 Å². The minimum Gasteiger partial charge on any atom is -0.496 e. The number of methoxy groups -OCH3 is 1. The average molecular weight is 264 g/mol. The monoisotopic (exact) mass is 264 g/mol. The summed E-state index contributed by atoms with van der Waals surface area (Å²) in [6, 6.07) is 6.78. The summed E-state index contributed by atoms with van der Waals surface area (Å²) in [6.07, 6.45) is 0.188. The van der Waals surface area contributed by atoms with Crippen LogP contribution in [0.2, 0.25) is 0 Å². The summed E-state index contributed by atoms with van der Waals surface area (Å²) >= 11 is 0. The Bertz CT molecular complexity index is 446. The quantitative estimate of drug-likeness (QED) is 0.801. The fraction of sp³-hybridized carbons (Fsp3) is 0.429. The van der Waals surface area contributed by atoms with Crippen molar-refractivity contribution in [1.82, 2.24) is 10.6 Å². The topological polar surface area (TPSA) is 67.4 Å². The third-order valence-corrected chi connectivity index (χ3v) is 2.67. The van der Waals surface area contributed by atoms with Gasteiger partial charge in [0.2, 0.25) is 11.8 Å². The number of benzene rings is 1. The Labute approximate surface area is 113 Å². The van der Waals surface area contributed by atoms with Gasteiger partial charge in [0.25, 0.3) is 0 Å². The molecule has 0 fully saturated rings. The van der Waals surface area contributed by atoms with Crippen LogP contribution in [0.4, 0.5) is 0 Å². The van der Waals surface area contributed by atoms with Crippen molar-refractivity contribution in [3.8, 4) is 5.75 Å². The highest BCUT2D eigenvalue weighted by molar-refractivity contribution is 5.88. The molecule has 1 aromatic carbocycles. The van der Waals surface area contributed by atoms with Crippen molar-refractivity contribution in [2.75, 3.05) is 13.7 Å². The summed E-state index contributed by atoms with van der Waals surface area (Å²) in [5, 5.41) is 5.32. The number of carbonyl (C=O) groups is 2. The first-order valence-corrected chi connectivity index (χ1v) is 6.27. The van der Waals surface area contributed by atoms with Crippen molar-refractivity contribution in [1.29, 1.82) is 0 Å². The van der Waals surface area contributed by atoms with E-state index in [-0.39, 0.29) is 18.2 Å². The van der Waals surface area contributed by atoms with E-state index in [1.54, 1.807) is 20.1 Å². The number of carbonyl (C=O) groups excluding carboxylic acids is 2. The molecule has 2 amide bonds. The van der Waals surface area contributed by atoms with Gasteiger partial charge in [0.15, 0.2) is 0 Å². The maximum atomic E-state index is 11.9. The molecule has 1 rings (SSSR count). The highest BCUT2D eigenvalue weighted by Gasteiger charge is 2.15. The number of hydrogen-bond acceptors (Lipinski definition) is 3. The van der Waals surface area contributed by atoms with Crippen LogP contribution in [0.1, 0.15) is 19.4 Å². The molecule has 5 heteroatoms. The second kappa shape index (κ2) is 7.41. The summed E-state index contributed by atoms with van der Waals surface area (Å²) < 4.78 is 5.18.